The largest absolute Gasteiger partial charge is 0.461 e. The Morgan fingerprint density at radius 3 is 2.90 bits per heavy atom. The predicted octanol–water partition coefficient (Wildman–Crippen LogP) is 3.72. The third-order valence-electron chi connectivity index (χ3n) is 3.45. The van der Waals surface area contributed by atoms with Gasteiger partial charge >= 0.3 is 5.97 Å². The lowest BCUT2D eigenvalue weighted by Crippen LogP contribution is -2.04. The molecule has 0 saturated carbocycles. The molecular formula is C17H16N2O2. The van der Waals surface area contributed by atoms with Crippen molar-refractivity contribution >= 4 is 16.9 Å². The first-order chi connectivity index (χ1) is 10.2. The molecule has 0 aliphatic heterocycles. The van der Waals surface area contributed by atoms with E-state index in [1.54, 1.807) is 13.1 Å². The summed E-state index contributed by atoms with van der Waals surface area (Å²) in [6.07, 6.45) is 3.63. The Bertz CT molecular complexity index is 805. The fraction of sp³-hybridized carbons (Fsp3) is 0.176. The van der Waals surface area contributed by atoms with Gasteiger partial charge in [-0.15, -0.1) is 0 Å². The van der Waals surface area contributed by atoms with Crippen LogP contribution in [0.1, 0.15) is 23.0 Å². The third-order valence-corrected chi connectivity index (χ3v) is 3.45. The molecule has 0 atom stereocenters. The van der Waals surface area contributed by atoms with Crippen molar-refractivity contribution in [2.24, 2.45) is 0 Å². The van der Waals surface area contributed by atoms with Crippen LogP contribution < -0.4 is 0 Å². The number of pyridine rings is 1. The zero-order valence-corrected chi connectivity index (χ0v) is 12.0. The Hall–Kier alpha value is -2.62. The van der Waals surface area contributed by atoms with E-state index in [1.165, 1.54) is 0 Å². The van der Waals surface area contributed by atoms with Gasteiger partial charge < -0.3 is 9.72 Å². The number of ether oxygens (including phenoxy) is 1. The van der Waals surface area contributed by atoms with Crippen LogP contribution in [0.3, 0.4) is 0 Å². The second-order valence-electron chi connectivity index (χ2n) is 4.90. The highest BCUT2D eigenvalue weighted by molar-refractivity contribution is 5.96. The summed E-state index contributed by atoms with van der Waals surface area (Å²) in [5, 5.41) is 0.992. The van der Waals surface area contributed by atoms with E-state index in [4.69, 9.17) is 4.74 Å². The predicted molar refractivity (Wildman–Crippen MR) is 82.2 cm³/mol. The van der Waals surface area contributed by atoms with E-state index in [1.807, 2.05) is 37.4 Å². The maximum atomic E-state index is 11.8. The first-order valence-corrected chi connectivity index (χ1v) is 6.90. The molecule has 0 saturated heterocycles. The highest BCUT2D eigenvalue weighted by Gasteiger charge is 2.11. The zero-order valence-electron chi connectivity index (χ0n) is 12.0. The van der Waals surface area contributed by atoms with Crippen molar-refractivity contribution in [3.63, 3.8) is 0 Å². The van der Waals surface area contributed by atoms with Gasteiger partial charge in [-0.2, -0.15) is 0 Å². The summed E-state index contributed by atoms with van der Waals surface area (Å²) in [5.41, 5.74) is 4.78. The van der Waals surface area contributed by atoms with Crippen LogP contribution in [0, 0.1) is 6.92 Å². The number of hydrogen-bond donors (Lipinski definition) is 1. The maximum absolute atomic E-state index is 11.8. The minimum absolute atomic E-state index is 0.324. The smallest absolute Gasteiger partial charge is 0.354 e. The van der Waals surface area contributed by atoms with Crippen LogP contribution >= 0.6 is 0 Å². The van der Waals surface area contributed by atoms with E-state index >= 15 is 0 Å². The number of esters is 1. The Balaban J connectivity index is 2.05. The number of carbonyl (C=O) groups is 1. The molecule has 0 radical (unpaired) electrons. The van der Waals surface area contributed by atoms with Crippen molar-refractivity contribution in [3.05, 3.63) is 54.0 Å². The summed E-state index contributed by atoms with van der Waals surface area (Å²) in [7, 11) is 0. The molecule has 4 heteroatoms. The third kappa shape index (κ3) is 2.52. The number of H-pyrrole nitrogens is 1. The van der Waals surface area contributed by atoms with Gasteiger partial charge in [0.25, 0.3) is 0 Å². The van der Waals surface area contributed by atoms with Crippen LogP contribution in [0.15, 0.2) is 42.7 Å². The monoisotopic (exact) mass is 280 g/mol. The van der Waals surface area contributed by atoms with Crippen LogP contribution in [-0.2, 0) is 4.74 Å². The molecule has 1 N–H and O–H groups in total. The van der Waals surface area contributed by atoms with E-state index in [0.717, 1.165) is 27.6 Å². The van der Waals surface area contributed by atoms with E-state index in [2.05, 4.69) is 16.0 Å². The van der Waals surface area contributed by atoms with Gasteiger partial charge in [-0.05, 0) is 54.8 Å². The van der Waals surface area contributed by atoms with Gasteiger partial charge in [0.05, 0.1) is 6.61 Å². The first kappa shape index (κ1) is 13.4. The summed E-state index contributed by atoms with van der Waals surface area (Å²) in [5.74, 6) is -0.324. The summed E-state index contributed by atoms with van der Waals surface area (Å²) < 4.78 is 5.01. The van der Waals surface area contributed by atoms with E-state index in [0.29, 0.717) is 12.3 Å². The molecule has 0 bridgehead atoms. The lowest BCUT2D eigenvalue weighted by atomic mass is 10.0. The molecule has 0 amide bonds. The van der Waals surface area contributed by atoms with Crippen molar-refractivity contribution in [3.8, 4) is 11.1 Å². The lowest BCUT2D eigenvalue weighted by molar-refractivity contribution is 0.0520. The van der Waals surface area contributed by atoms with Gasteiger partial charge in [-0.25, -0.2) is 4.79 Å². The Labute approximate surface area is 122 Å². The number of hydrogen-bond acceptors (Lipinski definition) is 3. The number of aromatic amines is 1. The van der Waals surface area contributed by atoms with E-state index in [-0.39, 0.29) is 5.97 Å². The average molecular weight is 280 g/mol. The van der Waals surface area contributed by atoms with Crippen LogP contribution in [0.5, 0.6) is 0 Å². The highest BCUT2D eigenvalue weighted by Crippen LogP contribution is 2.27. The number of aryl methyl sites for hydroxylation is 1. The fourth-order valence-electron chi connectivity index (χ4n) is 2.42. The lowest BCUT2D eigenvalue weighted by Gasteiger charge is -2.05. The molecule has 4 nitrogen and oxygen atoms in total. The van der Waals surface area contributed by atoms with Gasteiger partial charge in [0.15, 0.2) is 0 Å². The number of fused-ring (bicyclic) bond motifs is 1. The summed E-state index contributed by atoms with van der Waals surface area (Å²) in [4.78, 5) is 19.0. The molecule has 0 unspecified atom stereocenters. The maximum Gasteiger partial charge on any atom is 0.354 e. The minimum atomic E-state index is -0.324. The van der Waals surface area contributed by atoms with E-state index in [9.17, 15) is 4.79 Å². The molecule has 0 aliphatic rings. The summed E-state index contributed by atoms with van der Waals surface area (Å²) in [6.45, 7) is 4.20. The van der Waals surface area contributed by atoms with Gasteiger partial charge in [0, 0.05) is 23.3 Å². The van der Waals surface area contributed by atoms with Crippen LogP contribution in [0.25, 0.3) is 22.0 Å². The summed E-state index contributed by atoms with van der Waals surface area (Å²) in [6, 6.07) is 9.91. The van der Waals surface area contributed by atoms with E-state index < -0.39 is 0 Å². The molecule has 2 aromatic heterocycles. The summed E-state index contributed by atoms with van der Waals surface area (Å²) >= 11 is 0. The molecule has 0 aliphatic carbocycles. The number of rotatable bonds is 3. The molecule has 1 aromatic carbocycles. The van der Waals surface area contributed by atoms with Gasteiger partial charge in [0.1, 0.15) is 5.69 Å². The topological polar surface area (TPSA) is 55.0 Å². The normalized spacial score (nSPS) is 10.8. The van der Waals surface area contributed by atoms with Crippen LogP contribution in [-0.4, -0.2) is 22.5 Å². The van der Waals surface area contributed by atoms with Crippen LogP contribution in [0.2, 0.25) is 0 Å². The molecule has 0 fully saturated rings. The molecular weight excluding hydrogens is 264 g/mol. The number of nitrogens with one attached hydrogen (secondary N) is 1. The Morgan fingerprint density at radius 1 is 1.29 bits per heavy atom. The Morgan fingerprint density at radius 2 is 2.14 bits per heavy atom. The number of carbonyl (C=O) groups excluding carboxylic acids is 1. The van der Waals surface area contributed by atoms with Gasteiger partial charge in [-0.1, -0.05) is 6.07 Å². The van der Waals surface area contributed by atoms with Crippen molar-refractivity contribution in [2.75, 3.05) is 6.61 Å². The molecule has 21 heavy (non-hydrogen) atoms. The molecule has 0 spiro atoms. The van der Waals surface area contributed by atoms with Crippen molar-refractivity contribution < 1.29 is 9.53 Å². The second-order valence-corrected chi connectivity index (χ2v) is 4.90. The molecule has 3 aromatic rings. The minimum Gasteiger partial charge on any atom is -0.461 e. The molecule has 2 heterocycles. The Kier molecular flexibility index (Phi) is 3.44. The average Bonchev–Trinajstić information content (AvgIpc) is 2.91. The number of nitrogens with zero attached hydrogens (tertiary/aromatic N) is 1. The molecule has 3 rings (SSSR count). The first-order valence-electron chi connectivity index (χ1n) is 6.90. The van der Waals surface area contributed by atoms with Gasteiger partial charge in [-0.3, -0.25) is 4.98 Å². The van der Waals surface area contributed by atoms with Crippen molar-refractivity contribution in [1.29, 1.82) is 0 Å². The van der Waals surface area contributed by atoms with Crippen molar-refractivity contribution in [1.82, 2.24) is 9.97 Å². The standard InChI is InChI=1S/C17H16N2O2/c1-3-21-17(20)16-9-13-8-12(4-5-15(13)19-16)14-6-7-18-10-11(14)2/h4-10,19H,3H2,1-2H3. The van der Waals surface area contributed by atoms with Crippen LogP contribution in [0.4, 0.5) is 0 Å². The number of benzene rings is 1. The quantitative estimate of drug-likeness (QED) is 0.744. The second kappa shape index (κ2) is 5.40. The SMILES string of the molecule is CCOC(=O)c1cc2cc(-c3ccncc3C)ccc2[nH]1. The number of aromatic nitrogens is 2. The highest BCUT2D eigenvalue weighted by atomic mass is 16.5. The fourth-order valence-corrected chi connectivity index (χ4v) is 2.42. The van der Waals surface area contributed by atoms with Gasteiger partial charge in [0.2, 0.25) is 0 Å². The zero-order chi connectivity index (χ0) is 14.8. The molecule has 106 valence electrons. The van der Waals surface area contributed by atoms with Crippen molar-refractivity contribution in [2.45, 2.75) is 13.8 Å².